The highest BCUT2D eigenvalue weighted by Gasteiger charge is 2.33. The standard InChI is InChI=1S/C16H15F4N3O4/c1-26-14(24)11-3-2-4-13-21-22(15(25)23(11)13)8-9-5-6-12(10(17)7-9)27-16(18,19)20/h5-7,11H,2-4,8H2,1H3. The van der Waals surface area contributed by atoms with Gasteiger partial charge >= 0.3 is 18.0 Å². The number of halogens is 4. The molecule has 0 bridgehead atoms. The first-order valence-corrected chi connectivity index (χ1v) is 8.00. The Kier molecular flexibility index (Phi) is 4.94. The smallest absolute Gasteiger partial charge is 0.467 e. The number of hydrogen-bond acceptors (Lipinski definition) is 5. The average molecular weight is 389 g/mol. The third-order valence-corrected chi connectivity index (χ3v) is 4.16. The fourth-order valence-corrected chi connectivity index (χ4v) is 3.02. The van der Waals surface area contributed by atoms with Crippen LogP contribution in [0.15, 0.2) is 23.0 Å². The largest absolute Gasteiger partial charge is 0.573 e. The second-order valence-electron chi connectivity index (χ2n) is 5.97. The molecule has 1 unspecified atom stereocenters. The molecule has 1 aliphatic rings. The van der Waals surface area contributed by atoms with Crippen molar-refractivity contribution in [2.45, 2.75) is 38.2 Å². The molecular weight excluding hydrogens is 374 g/mol. The lowest BCUT2D eigenvalue weighted by molar-refractivity contribution is -0.275. The predicted octanol–water partition coefficient (Wildman–Crippen LogP) is 2.18. The predicted molar refractivity (Wildman–Crippen MR) is 82.7 cm³/mol. The van der Waals surface area contributed by atoms with Gasteiger partial charge in [-0.1, -0.05) is 6.07 Å². The average Bonchev–Trinajstić information content (AvgIpc) is 2.91. The van der Waals surface area contributed by atoms with Crippen LogP contribution >= 0.6 is 0 Å². The second kappa shape index (κ2) is 7.05. The summed E-state index contributed by atoms with van der Waals surface area (Å²) in [5.41, 5.74) is -0.356. The van der Waals surface area contributed by atoms with Gasteiger partial charge in [-0.25, -0.2) is 18.7 Å². The lowest BCUT2D eigenvalue weighted by Gasteiger charge is -2.20. The Bertz CT molecular complexity index is 919. The molecule has 11 heteroatoms. The van der Waals surface area contributed by atoms with E-state index in [2.05, 4.69) is 9.84 Å². The molecule has 0 fully saturated rings. The van der Waals surface area contributed by atoms with E-state index in [9.17, 15) is 27.2 Å². The van der Waals surface area contributed by atoms with Crippen molar-refractivity contribution in [3.63, 3.8) is 0 Å². The number of aryl methyl sites for hydroxylation is 1. The number of fused-ring (bicyclic) bond motifs is 1. The molecule has 7 nitrogen and oxygen atoms in total. The lowest BCUT2D eigenvalue weighted by Crippen LogP contribution is -2.35. The number of aromatic nitrogens is 3. The zero-order valence-electron chi connectivity index (χ0n) is 14.1. The van der Waals surface area contributed by atoms with E-state index < -0.39 is 35.6 Å². The summed E-state index contributed by atoms with van der Waals surface area (Å²) < 4.78 is 61.0. The molecule has 0 saturated carbocycles. The molecular formula is C16H15F4N3O4. The van der Waals surface area contributed by atoms with Crippen LogP contribution in [0.5, 0.6) is 5.75 Å². The molecule has 27 heavy (non-hydrogen) atoms. The van der Waals surface area contributed by atoms with Crippen LogP contribution in [-0.4, -0.2) is 33.8 Å². The van der Waals surface area contributed by atoms with Gasteiger partial charge < -0.3 is 9.47 Å². The van der Waals surface area contributed by atoms with Gasteiger partial charge in [0.15, 0.2) is 11.6 Å². The van der Waals surface area contributed by atoms with Crippen LogP contribution in [0.3, 0.4) is 0 Å². The molecule has 3 rings (SSSR count). The van der Waals surface area contributed by atoms with Gasteiger partial charge in [0.2, 0.25) is 0 Å². The third-order valence-electron chi connectivity index (χ3n) is 4.16. The summed E-state index contributed by atoms with van der Waals surface area (Å²) in [6.45, 7) is -0.171. The molecule has 0 N–H and O–H groups in total. The summed E-state index contributed by atoms with van der Waals surface area (Å²) in [5, 5.41) is 4.15. The highest BCUT2D eigenvalue weighted by molar-refractivity contribution is 5.74. The van der Waals surface area contributed by atoms with Gasteiger partial charge in [-0.2, -0.15) is 5.10 Å². The minimum Gasteiger partial charge on any atom is -0.467 e. The topological polar surface area (TPSA) is 75.3 Å². The Labute approximate surface area is 150 Å². The van der Waals surface area contributed by atoms with Crippen molar-refractivity contribution >= 4 is 5.97 Å². The van der Waals surface area contributed by atoms with Crippen LogP contribution < -0.4 is 10.4 Å². The maximum Gasteiger partial charge on any atom is 0.573 e. The summed E-state index contributed by atoms with van der Waals surface area (Å²) in [5.74, 6) is -2.33. The van der Waals surface area contributed by atoms with Crippen LogP contribution in [-0.2, 0) is 22.5 Å². The SMILES string of the molecule is COC(=O)C1CCCc2nn(Cc3ccc(OC(F)(F)F)c(F)c3)c(=O)n21. The summed E-state index contributed by atoms with van der Waals surface area (Å²) in [4.78, 5) is 24.4. The molecule has 0 spiro atoms. The first-order chi connectivity index (χ1) is 12.7. The summed E-state index contributed by atoms with van der Waals surface area (Å²) >= 11 is 0. The zero-order chi connectivity index (χ0) is 19.8. The van der Waals surface area contributed by atoms with Crippen LogP contribution in [0.25, 0.3) is 0 Å². The Morgan fingerprint density at radius 2 is 2.11 bits per heavy atom. The zero-order valence-corrected chi connectivity index (χ0v) is 14.1. The van der Waals surface area contributed by atoms with E-state index in [1.165, 1.54) is 17.7 Å². The molecule has 0 amide bonds. The Morgan fingerprint density at radius 1 is 1.37 bits per heavy atom. The van der Waals surface area contributed by atoms with Gasteiger partial charge in [0.25, 0.3) is 0 Å². The van der Waals surface area contributed by atoms with Crippen LogP contribution in [0.2, 0.25) is 0 Å². The molecule has 2 heterocycles. The van der Waals surface area contributed by atoms with Crippen molar-refractivity contribution in [2.75, 3.05) is 7.11 Å². The van der Waals surface area contributed by atoms with Crippen LogP contribution in [0.4, 0.5) is 17.6 Å². The number of hydrogen-bond donors (Lipinski definition) is 0. The van der Waals surface area contributed by atoms with Gasteiger partial charge in [-0.05, 0) is 30.5 Å². The maximum absolute atomic E-state index is 13.8. The molecule has 1 aromatic carbocycles. The van der Waals surface area contributed by atoms with Gasteiger partial charge in [0.05, 0.1) is 13.7 Å². The number of nitrogens with zero attached hydrogens (tertiary/aromatic N) is 3. The van der Waals surface area contributed by atoms with E-state index in [-0.39, 0.29) is 12.1 Å². The Hall–Kier alpha value is -2.85. The number of carbonyl (C=O) groups is 1. The molecule has 1 aromatic heterocycles. The Balaban J connectivity index is 1.87. The van der Waals surface area contributed by atoms with Crippen LogP contribution in [0.1, 0.15) is 30.3 Å². The third kappa shape index (κ3) is 3.96. The number of ether oxygens (including phenoxy) is 2. The van der Waals surface area contributed by atoms with E-state index in [1.54, 1.807) is 0 Å². The number of esters is 1. The maximum atomic E-state index is 13.8. The van der Waals surface area contributed by atoms with Crippen molar-refractivity contribution < 1.29 is 31.8 Å². The van der Waals surface area contributed by atoms with E-state index in [0.29, 0.717) is 25.1 Å². The van der Waals surface area contributed by atoms with Crippen LogP contribution in [0, 0.1) is 5.82 Å². The number of carbonyl (C=O) groups excluding carboxylic acids is 1. The minimum absolute atomic E-state index is 0.171. The quantitative estimate of drug-likeness (QED) is 0.592. The molecule has 1 atom stereocenters. The second-order valence-corrected chi connectivity index (χ2v) is 5.97. The molecule has 0 aliphatic carbocycles. The number of rotatable bonds is 4. The highest BCUT2D eigenvalue weighted by Crippen LogP contribution is 2.26. The molecule has 146 valence electrons. The summed E-state index contributed by atoms with van der Waals surface area (Å²) in [6.07, 6.45) is -3.44. The van der Waals surface area contributed by atoms with Crippen molar-refractivity contribution in [2.24, 2.45) is 0 Å². The van der Waals surface area contributed by atoms with E-state index >= 15 is 0 Å². The number of benzene rings is 1. The first kappa shape index (κ1) is 18.9. The van der Waals surface area contributed by atoms with Crippen molar-refractivity contribution in [3.8, 4) is 5.75 Å². The van der Waals surface area contributed by atoms with E-state index in [0.717, 1.165) is 16.8 Å². The van der Waals surface area contributed by atoms with Crippen molar-refractivity contribution in [1.82, 2.24) is 14.3 Å². The van der Waals surface area contributed by atoms with Gasteiger partial charge in [-0.15, -0.1) is 13.2 Å². The monoisotopic (exact) mass is 389 g/mol. The molecule has 2 aromatic rings. The fraction of sp³-hybridized carbons (Fsp3) is 0.438. The normalized spacial score (nSPS) is 16.7. The number of alkyl halides is 3. The molecule has 1 aliphatic heterocycles. The van der Waals surface area contributed by atoms with Crippen molar-refractivity contribution in [1.29, 1.82) is 0 Å². The van der Waals surface area contributed by atoms with Crippen molar-refractivity contribution in [3.05, 3.63) is 45.9 Å². The lowest BCUT2D eigenvalue weighted by atomic mass is 10.1. The van der Waals surface area contributed by atoms with Gasteiger partial charge in [-0.3, -0.25) is 4.57 Å². The Morgan fingerprint density at radius 3 is 2.74 bits per heavy atom. The minimum atomic E-state index is -5.01. The fourth-order valence-electron chi connectivity index (χ4n) is 3.02. The molecule has 0 saturated heterocycles. The summed E-state index contributed by atoms with van der Waals surface area (Å²) in [6, 6.07) is 2.09. The van der Waals surface area contributed by atoms with Gasteiger partial charge in [0, 0.05) is 6.42 Å². The van der Waals surface area contributed by atoms with Gasteiger partial charge in [0.1, 0.15) is 11.9 Å². The van der Waals surface area contributed by atoms with E-state index in [4.69, 9.17) is 4.74 Å². The van der Waals surface area contributed by atoms with E-state index in [1.807, 2.05) is 0 Å². The highest BCUT2D eigenvalue weighted by atomic mass is 19.4. The summed E-state index contributed by atoms with van der Waals surface area (Å²) in [7, 11) is 1.22. The number of methoxy groups -OCH3 is 1. The molecule has 0 radical (unpaired) electrons. The first-order valence-electron chi connectivity index (χ1n) is 8.00.